The standard InChI is InChI=1S/C7H2F6N2O2/c8-2-1-14-5(7(11,12)13)3(6(9)10)4(2)15(16)17/h1,6H. The Hall–Kier alpha value is -1.87. The van der Waals surface area contributed by atoms with E-state index in [1.54, 1.807) is 0 Å². The minimum absolute atomic E-state index is 0.118. The van der Waals surface area contributed by atoms with Gasteiger partial charge in [0.15, 0.2) is 5.69 Å². The van der Waals surface area contributed by atoms with E-state index in [1.807, 2.05) is 0 Å². The third-order valence-corrected chi connectivity index (χ3v) is 1.71. The van der Waals surface area contributed by atoms with Gasteiger partial charge in [-0.15, -0.1) is 0 Å². The minimum atomic E-state index is -5.33. The van der Waals surface area contributed by atoms with Gasteiger partial charge in [-0.3, -0.25) is 10.1 Å². The van der Waals surface area contributed by atoms with Crippen molar-refractivity contribution in [2.24, 2.45) is 0 Å². The molecule has 1 rings (SSSR count). The average Bonchev–Trinajstić information content (AvgIpc) is 2.14. The zero-order valence-corrected chi connectivity index (χ0v) is 7.63. The molecule has 4 nitrogen and oxygen atoms in total. The molecule has 0 aromatic carbocycles. The fraction of sp³-hybridized carbons (Fsp3) is 0.286. The third kappa shape index (κ3) is 2.45. The highest BCUT2D eigenvalue weighted by atomic mass is 19.4. The van der Waals surface area contributed by atoms with Crippen molar-refractivity contribution in [2.75, 3.05) is 0 Å². The number of aromatic nitrogens is 1. The van der Waals surface area contributed by atoms with Gasteiger partial charge in [0.05, 0.1) is 11.1 Å². The highest BCUT2D eigenvalue weighted by Crippen LogP contribution is 2.40. The van der Waals surface area contributed by atoms with Crippen LogP contribution in [0.2, 0.25) is 0 Å². The Morgan fingerprint density at radius 3 is 2.24 bits per heavy atom. The summed E-state index contributed by atoms with van der Waals surface area (Å²) in [6, 6.07) is 0. The minimum Gasteiger partial charge on any atom is -0.258 e. The Kier molecular flexibility index (Phi) is 3.25. The number of alkyl halides is 5. The molecule has 0 fully saturated rings. The largest absolute Gasteiger partial charge is 0.434 e. The lowest BCUT2D eigenvalue weighted by molar-refractivity contribution is -0.389. The maximum absolute atomic E-state index is 12.8. The van der Waals surface area contributed by atoms with Crippen LogP contribution in [0.4, 0.5) is 32.0 Å². The number of nitrogens with zero attached hydrogens (tertiary/aromatic N) is 2. The van der Waals surface area contributed by atoms with Crippen molar-refractivity contribution in [3.63, 3.8) is 0 Å². The van der Waals surface area contributed by atoms with Gasteiger partial charge >= 0.3 is 11.9 Å². The van der Waals surface area contributed by atoms with Crippen molar-refractivity contribution in [1.82, 2.24) is 4.98 Å². The van der Waals surface area contributed by atoms with Gasteiger partial charge in [0, 0.05) is 0 Å². The second-order valence-corrected chi connectivity index (χ2v) is 2.77. The van der Waals surface area contributed by atoms with Crippen molar-refractivity contribution < 1.29 is 31.3 Å². The summed E-state index contributed by atoms with van der Waals surface area (Å²) in [4.78, 5) is 11.0. The predicted octanol–water partition coefficient (Wildman–Crippen LogP) is 3.09. The first-order chi connectivity index (χ1) is 7.66. The van der Waals surface area contributed by atoms with E-state index in [9.17, 15) is 36.5 Å². The molecule has 0 atom stereocenters. The van der Waals surface area contributed by atoms with Crippen LogP contribution in [0, 0.1) is 15.9 Å². The zero-order valence-electron chi connectivity index (χ0n) is 7.63. The maximum Gasteiger partial charge on any atom is 0.434 e. The highest BCUT2D eigenvalue weighted by molar-refractivity contribution is 5.45. The Morgan fingerprint density at radius 1 is 1.35 bits per heavy atom. The molecule has 1 heterocycles. The van der Waals surface area contributed by atoms with Gasteiger partial charge in [-0.1, -0.05) is 0 Å². The van der Waals surface area contributed by atoms with Crippen LogP contribution in [-0.4, -0.2) is 9.91 Å². The van der Waals surface area contributed by atoms with Crippen molar-refractivity contribution in [2.45, 2.75) is 12.6 Å². The van der Waals surface area contributed by atoms with Crippen LogP contribution >= 0.6 is 0 Å². The molecule has 0 N–H and O–H groups in total. The molecule has 0 spiro atoms. The molecule has 94 valence electrons. The number of rotatable bonds is 2. The van der Waals surface area contributed by atoms with Crippen LogP contribution in [0.25, 0.3) is 0 Å². The molecule has 0 unspecified atom stereocenters. The molecule has 0 radical (unpaired) electrons. The summed E-state index contributed by atoms with van der Waals surface area (Å²) in [6.07, 6.45) is -9.31. The number of hydrogen-bond donors (Lipinski definition) is 0. The Labute approximate surface area is 89.0 Å². The van der Waals surface area contributed by atoms with Gasteiger partial charge in [-0.05, 0) is 0 Å². The first kappa shape index (κ1) is 13.2. The highest BCUT2D eigenvalue weighted by Gasteiger charge is 2.43. The fourth-order valence-corrected chi connectivity index (χ4v) is 1.11. The molecule has 0 aliphatic carbocycles. The van der Waals surface area contributed by atoms with Gasteiger partial charge < -0.3 is 0 Å². The molecule has 17 heavy (non-hydrogen) atoms. The average molecular weight is 260 g/mol. The first-order valence-electron chi connectivity index (χ1n) is 3.84. The van der Waals surface area contributed by atoms with E-state index in [0.717, 1.165) is 0 Å². The Morgan fingerprint density at radius 2 is 1.88 bits per heavy atom. The molecule has 0 saturated carbocycles. The SMILES string of the molecule is O=[N+]([O-])c1c(F)cnc(C(F)(F)F)c1C(F)F. The molecule has 10 heteroatoms. The van der Waals surface area contributed by atoms with E-state index >= 15 is 0 Å². The molecule has 0 bridgehead atoms. The van der Waals surface area contributed by atoms with Crippen LogP contribution in [0.1, 0.15) is 17.7 Å². The summed E-state index contributed by atoms with van der Waals surface area (Å²) in [5.41, 5.74) is -6.15. The lowest BCUT2D eigenvalue weighted by atomic mass is 10.1. The van der Waals surface area contributed by atoms with Crippen molar-refractivity contribution in [3.05, 3.63) is 33.4 Å². The summed E-state index contributed by atoms with van der Waals surface area (Å²) in [5.74, 6) is -1.85. The van der Waals surface area contributed by atoms with Gasteiger partial charge in [0.25, 0.3) is 6.43 Å². The van der Waals surface area contributed by atoms with Crippen LogP contribution in [-0.2, 0) is 6.18 Å². The molecule has 0 amide bonds. The number of nitro groups is 1. The van der Waals surface area contributed by atoms with Gasteiger partial charge in [-0.25, -0.2) is 13.8 Å². The first-order valence-corrected chi connectivity index (χ1v) is 3.84. The monoisotopic (exact) mass is 260 g/mol. The molecular formula is C7H2F6N2O2. The molecule has 1 aromatic heterocycles. The van der Waals surface area contributed by atoms with E-state index in [2.05, 4.69) is 4.98 Å². The topological polar surface area (TPSA) is 56.0 Å². The lowest BCUT2D eigenvalue weighted by Gasteiger charge is -2.11. The van der Waals surface area contributed by atoms with Crippen LogP contribution in [0.5, 0.6) is 0 Å². The lowest BCUT2D eigenvalue weighted by Crippen LogP contribution is -2.15. The summed E-state index contributed by atoms with van der Waals surface area (Å²) in [7, 11) is 0. The summed E-state index contributed by atoms with van der Waals surface area (Å²) in [6.45, 7) is 0. The van der Waals surface area contributed by atoms with E-state index in [4.69, 9.17) is 0 Å². The smallest absolute Gasteiger partial charge is 0.258 e. The van der Waals surface area contributed by atoms with E-state index in [-0.39, 0.29) is 6.20 Å². The van der Waals surface area contributed by atoms with Crippen LogP contribution < -0.4 is 0 Å². The van der Waals surface area contributed by atoms with E-state index in [1.165, 1.54) is 0 Å². The second kappa shape index (κ2) is 4.18. The van der Waals surface area contributed by atoms with Crippen molar-refractivity contribution in [3.8, 4) is 0 Å². The predicted molar refractivity (Wildman–Crippen MR) is 40.8 cm³/mol. The quantitative estimate of drug-likeness (QED) is 0.466. The van der Waals surface area contributed by atoms with Gasteiger partial charge in [-0.2, -0.15) is 17.6 Å². The number of halogens is 6. The van der Waals surface area contributed by atoms with Crippen LogP contribution in [0.3, 0.4) is 0 Å². The maximum atomic E-state index is 12.8. The number of pyridine rings is 1. The van der Waals surface area contributed by atoms with Gasteiger partial charge in [0.2, 0.25) is 5.82 Å². The summed E-state index contributed by atoms with van der Waals surface area (Å²) < 4.78 is 74.2. The van der Waals surface area contributed by atoms with E-state index in [0.29, 0.717) is 0 Å². The zero-order chi connectivity index (χ0) is 13.4. The summed E-state index contributed by atoms with van der Waals surface area (Å²) in [5, 5.41) is 10.3. The molecular weight excluding hydrogens is 258 g/mol. The van der Waals surface area contributed by atoms with Crippen molar-refractivity contribution in [1.29, 1.82) is 0 Å². The summed E-state index contributed by atoms with van der Waals surface area (Å²) >= 11 is 0. The van der Waals surface area contributed by atoms with Gasteiger partial charge in [0.1, 0.15) is 5.56 Å². The molecule has 0 aliphatic rings. The van der Waals surface area contributed by atoms with E-state index < -0.39 is 40.3 Å². The molecule has 0 aliphatic heterocycles. The second-order valence-electron chi connectivity index (χ2n) is 2.77. The van der Waals surface area contributed by atoms with Crippen molar-refractivity contribution >= 4 is 5.69 Å². The fourth-order valence-electron chi connectivity index (χ4n) is 1.11. The number of hydrogen-bond acceptors (Lipinski definition) is 3. The third-order valence-electron chi connectivity index (χ3n) is 1.71. The van der Waals surface area contributed by atoms with Crippen LogP contribution in [0.15, 0.2) is 6.20 Å². The Balaban J connectivity index is 3.65. The molecule has 1 aromatic rings. The molecule has 0 saturated heterocycles. The normalized spacial score (nSPS) is 11.9. The Bertz CT molecular complexity index is 458.